The number of hydrogen-bond donors (Lipinski definition) is 1. The van der Waals surface area contributed by atoms with Crippen molar-refractivity contribution in [3.8, 4) is 22.5 Å². The van der Waals surface area contributed by atoms with Crippen LogP contribution in [0.2, 0.25) is 0 Å². The van der Waals surface area contributed by atoms with Crippen LogP contribution in [-0.4, -0.2) is 33.0 Å². The molecule has 3 aromatic rings. The summed E-state index contributed by atoms with van der Waals surface area (Å²) in [5, 5.41) is 3.88. The molecule has 0 aliphatic carbocycles. The van der Waals surface area contributed by atoms with Gasteiger partial charge in [0.25, 0.3) is 0 Å². The van der Waals surface area contributed by atoms with Crippen molar-refractivity contribution in [3.05, 3.63) is 70.8 Å². The van der Waals surface area contributed by atoms with Gasteiger partial charge < -0.3 is 10.6 Å². The molecule has 2 N–H and O–H groups in total. The number of aromatic nitrogens is 2. The number of nitrogens with two attached hydrogens (primary N) is 1. The summed E-state index contributed by atoms with van der Waals surface area (Å²) in [5.41, 5.74) is 3.81. The Balaban J connectivity index is 1.75. The molecular weight excluding hydrogens is 468 g/mol. The third kappa shape index (κ3) is 4.36. The lowest BCUT2D eigenvalue weighted by Crippen LogP contribution is -2.33. The number of amides is 1. The van der Waals surface area contributed by atoms with E-state index in [0.29, 0.717) is 22.9 Å². The predicted octanol–water partition coefficient (Wildman–Crippen LogP) is 4.46. The van der Waals surface area contributed by atoms with E-state index in [1.165, 1.54) is 6.20 Å². The number of oxime groups is 1. The van der Waals surface area contributed by atoms with Crippen LogP contribution < -0.4 is 5.73 Å². The number of carbonyl (C=O) groups excluding carboxylic acids is 2. The summed E-state index contributed by atoms with van der Waals surface area (Å²) in [6, 6.07) is 5.88. The van der Waals surface area contributed by atoms with Crippen LogP contribution in [0.1, 0.15) is 40.9 Å². The van der Waals surface area contributed by atoms with Crippen LogP contribution in [0.3, 0.4) is 0 Å². The molecule has 7 nitrogen and oxygen atoms in total. The molecule has 1 amide bonds. The first-order chi connectivity index (χ1) is 16.3. The number of carbonyl (C=O) groups is 2. The smallest absolute Gasteiger partial charge is 0.381 e. The molecule has 2 heterocycles. The summed E-state index contributed by atoms with van der Waals surface area (Å²) < 4.78 is 53.8. The highest BCUT2D eigenvalue weighted by Crippen LogP contribution is 2.35. The number of nitrogens with zero attached hydrogens (tertiary/aromatic N) is 3. The molecule has 0 bridgehead atoms. The number of hydrogen-bond acceptors (Lipinski definition) is 6. The highest BCUT2D eigenvalue weighted by Gasteiger charge is 2.40. The molecule has 0 unspecified atom stereocenters. The van der Waals surface area contributed by atoms with Crippen LogP contribution in [-0.2, 0) is 15.8 Å². The molecule has 0 atom stereocenters. The highest BCUT2D eigenvalue weighted by atomic mass is 19.4. The second kappa shape index (κ2) is 8.26. The average molecular weight is 486 g/mol. The summed E-state index contributed by atoms with van der Waals surface area (Å²) in [6.45, 7) is 5.01. The Kier molecular flexibility index (Phi) is 5.66. The summed E-state index contributed by atoms with van der Waals surface area (Å²) in [4.78, 5) is 37.9. The minimum atomic E-state index is -4.87. The lowest BCUT2D eigenvalue weighted by atomic mass is 9.93. The molecule has 11 heteroatoms. The van der Waals surface area contributed by atoms with E-state index in [1.807, 2.05) is 0 Å². The fourth-order valence-electron chi connectivity index (χ4n) is 3.58. The van der Waals surface area contributed by atoms with Crippen molar-refractivity contribution in [2.24, 2.45) is 10.9 Å². The van der Waals surface area contributed by atoms with Crippen LogP contribution in [0.15, 0.2) is 47.9 Å². The zero-order valence-corrected chi connectivity index (χ0v) is 18.7. The van der Waals surface area contributed by atoms with Crippen LogP contribution in [0.4, 0.5) is 17.6 Å². The topological polar surface area (TPSA) is 108 Å². The quantitative estimate of drug-likeness (QED) is 0.548. The Morgan fingerprint density at radius 2 is 1.71 bits per heavy atom. The second-order valence-corrected chi connectivity index (χ2v) is 8.43. The normalized spacial score (nSPS) is 15.1. The molecule has 1 aromatic heterocycles. The number of ketones is 1. The number of primary amides is 1. The maximum atomic E-state index is 14.7. The van der Waals surface area contributed by atoms with E-state index in [-0.39, 0.29) is 23.3 Å². The Morgan fingerprint density at radius 1 is 1.06 bits per heavy atom. The Hall–Kier alpha value is -4.15. The van der Waals surface area contributed by atoms with E-state index < -0.39 is 40.2 Å². The van der Waals surface area contributed by atoms with Gasteiger partial charge in [0.1, 0.15) is 5.82 Å². The van der Waals surface area contributed by atoms with Gasteiger partial charge in [-0.15, -0.1) is 0 Å². The number of aryl methyl sites for hydroxylation is 1. The van der Waals surface area contributed by atoms with Crippen molar-refractivity contribution in [1.29, 1.82) is 0 Å². The molecular formula is C24H18F4N4O3. The molecule has 35 heavy (non-hydrogen) atoms. The van der Waals surface area contributed by atoms with E-state index in [4.69, 9.17) is 10.6 Å². The number of benzene rings is 2. The maximum absolute atomic E-state index is 14.7. The fourth-order valence-corrected chi connectivity index (χ4v) is 3.58. The van der Waals surface area contributed by atoms with Crippen LogP contribution in [0, 0.1) is 12.7 Å². The zero-order chi connectivity index (χ0) is 25.7. The van der Waals surface area contributed by atoms with Gasteiger partial charge in [0.05, 0.1) is 40.5 Å². The van der Waals surface area contributed by atoms with Crippen molar-refractivity contribution in [1.82, 2.24) is 9.97 Å². The first kappa shape index (κ1) is 24.0. The summed E-state index contributed by atoms with van der Waals surface area (Å²) in [6.07, 6.45) is -2.46. The van der Waals surface area contributed by atoms with Gasteiger partial charge in [-0.2, -0.15) is 13.2 Å². The first-order valence-corrected chi connectivity index (χ1v) is 10.2. The highest BCUT2D eigenvalue weighted by molar-refractivity contribution is 6.49. The molecule has 2 aromatic carbocycles. The van der Waals surface area contributed by atoms with Gasteiger partial charge in [0, 0.05) is 11.1 Å². The molecule has 4 rings (SSSR count). The summed E-state index contributed by atoms with van der Waals surface area (Å²) in [5.74, 6) is -2.84. The van der Waals surface area contributed by atoms with E-state index in [2.05, 4.69) is 15.1 Å². The number of Topliss-reactive ketones (excluding diaryl/α,β-unsaturated/α-hetero) is 1. The minimum absolute atomic E-state index is 0.152. The summed E-state index contributed by atoms with van der Waals surface area (Å²) >= 11 is 0. The predicted molar refractivity (Wildman–Crippen MR) is 118 cm³/mol. The van der Waals surface area contributed by atoms with Gasteiger partial charge in [-0.25, -0.2) is 4.39 Å². The molecule has 0 spiro atoms. The monoisotopic (exact) mass is 486 g/mol. The summed E-state index contributed by atoms with van der Waals surface area (Å²) in [7, 11) is 0. The van der Waals surface area contributed by atoms with Crippen molar-refractivity contribution < 1.29 is 32.0 Å². The van der Waals surface area contributed by atoms with Gasteiger partial charge in [-0.1, -0.05) is 17.3 Å². The van der Waals surface area contributed by atoms with Gasteiger partial charge in [0.2, 0.25) is 11.7 Å². The maximum Gasteiger partial charge on any atom is 0.416 e. The molecule has 180 valence electrons. The minimum Gasteiger partial charge on any atom is -0.381 e. The fraction of sp³-hybridized carbons (Fsp3) is 0.208. The zero-order valence-electron chi connectivity index (χ0n) is 18.7. The number of rotatable bonds is 4. The van der Waals surface area contributed by atoms with Gasteiger partial charge in [0.15, 0.2) is 11.3 Å². The molecule has 0 radical (unpaired) electrons. The molecule has 0 fully saturated rings. The number of alkyl halides is 3. The lowest BCUT2D eigenvalue weighted by Gasteiger charge is -2.13. The third-order valence-electron chi connectivity index (χ3n) is 5.51. The Bertz CT molecular complexity index is 1400. The molecule has 1 aliphatic heterocycles. The van der Waals surface area contributed by atoms with Gasteiger partial charge in [-0.3, -0.25) is 19.6 Å². The molecule has 1 aliphatic rings. The lowest BCUT2D eigenvalue weighted by molar-refractivity contribution is -0.137. The van der Waals surface area contributed by atoms with E-state index in [0.717, 1.165) is 11.8 Å². The molecule has 0 saturated heterocycles. The third-order valence-corrected chi connectivity index (χ3v) is 5.51. The van der Waals surface area contributed by atoms with Crippen molar-refractivity contribution in [2.75, 3.05) is 0 Å². The SMILES string of the molecule is Cc1ccc(C2=NOC(C)(C)C2=O)cc1-c1cnc(-c2c(F)cc(C(F)(F)F)cc2C(N)=O)cn1. The van der Waals surface area contributed by atoms with Crippen LogP contribution in [0.25, 0.3) is 22.5 Å². The average Bonchev–Trinajstić information content (AvgIpc) is 3.05. The first-order valence-electron chi connectivity index (χ1n) is 10.2. The second-order valence-electron chi connectivity index (χ2n) is 8.43. The Labute approximate surface area is 196 Å². The van der Waals surface area contributed by atoms with Gasteiger partial charge in [-0.05, 0) is 44.5 Å². The van der Waals surface area contributed by atoms with E-state index in [1.54, 1.807) is 39.0 Å². The number of halogens is 4. The van der Waals surface area contributed by atoms with Gasteiger partial charge >= 0.3 is 6.18 Å². The van der Waals surface area contributed by atoms with Crippen molar-refractivity contribution in [2.45, 2.75) is 32.5 Å². The van der Waals surface area contributed by atoms with E-state index >= 15 is 0 Å². The van der Waals surface area contributed by atoms with Crippen LogP contribution in [0.5, 0.6) is 0 Å². The standard InChI is InChI=1S/C24H18F4N4O3/c1-11-4-5-12(20-21(33)23(2,3)35-32-20)6-14(11)17-9-31-18(10-30-17)19-15(22(29)34)7-13(8-16(19)25)24(26,27)28/h4-10H,1-3H3,(H2,29,34). The van der Waals surface area contributed by atoms with E-state index in [9.17, 15) is 27.2 Å². The van der Waals surface area contributed by atoms with Crippen molar-refractivity contribution in [3.63, 3.8) is 0 Å². The van der Waals surface area contributed by atoms with Crippen LogP contribution >= 0.6 is 0 Å². The largest absolute Gasteiger partial charge is 0.416 e. The molecule has 0 saturated carbocycles. The van der Waals surface area contributed by atoms with Crippen molar-refractivity contribution >= 4 is 17.4 Å². The Morgan fingerprint density at radius 3 is 2.26 bits per heavy atom.